The molecule has 0 bridgehead atoms. The van der Waals surface area contributed by atoms with Crippen LogP contribution in [0.5, 0.6) is 0 Å². The molecular weight excluding hydrogens is 198 g/mol. The Morgan fingerprint density at radius 3 is 2.94 bits per heavy atom. The topological polar surface area (TPSA) is 36.4 Å². The molecule has 1 aromatic carbocycles. The van der Waals surface area contributed by atoms with Gasteiger partial charge in [-0.1, -0.05) is 23.8 Å². The molecule has 0 saturated heterocycles. The van der Waals surface area contributed by atoms with E-state index in [-0.39, 0.29) is 0 Å². The minimum atomic E-state index is 0.845. The molecule has 2 rings (SSSR count). The SMILES string of the molecule is Cc1ccc(CNC2=NCCCN2)c(C)c1. The number of guanidine groups is 1. The van der Waals surface area contributed by atoms with Crippen molar-refractivity contribution in [3.63, 3.8) is 0 Å². The highest BCUT2D eigenvalue weighted by Crippen LogP contribution is 2.09. The largest absolute Gasteiger partial charge is 0.356 e. The Morgan fingerprint density at radius 1 is 1.38 bits per heavy atom. The number of hydrogen-bond donors (Lipinski definition) is 2. The van der Waals surface area contributed by atoms with Gasteiger partial charge in [-0.05, 0) is 31.4 Å². The summed E-state index contributed by atoms with van der Waals surface area (Å²) in [7, 11) is 0. The number of benzene rings is 1. The van der Waals surface area contributed by atoms with Crippen LogP contribution in [0.1, 0.15) is 23.1 Å². The van der Waals surface area contributed by atoms with Crippen LogP contribution in [0.4, 0.5) is 0 Å². The van der Waals surface area contributed by atoms with Gasteiger partial charge in [-0.2, -0.15) is 0 Å². The number of nitrogens with zero attached hydrogens (tertiary/aromatic N) is 1. The molecule has 0 unspecified atom stereocenters. The summed E-state index contributed by atoms with van der Waals surface area (Å²) in [5, 5.41) is 6.60. The maximum atomic E-state index is 4.39. The van der Waals surface area contributed by atoms with Crippen molar-refractivity contribution < 1.29 is 0 Å². The first-order valence-corrected chi connectivity index (χ1v) is 5.84. The van der Waals surface area contributed by atoms with Crippen molar-refractivity contribution in [1.29, 1.82) is 0 Å². The molecule has 1 aliphatic heterocycles. The van der Waals surface area contributed by atoms with E-state index in [1.165, 1.54) is 16.7 Å². The summed E-state index contributed by atoms with van der Waals surface area (Å²) >= 11 is 0. The van der Waals surface area contributed by atoms with E-state index in [1.54, 1.807) is 0 Å². The van der Waals surface area contributed by atoms with Gasteiger partial charge in [0.1, 0.15) is 0 Å². The first kappa shape index (κ1) is 11.0. The molecule has 0 fully saturated rings. The zero-order valence-electron chi connectivity index (χ0n) is 10.0. The van der Waals surface area contributed by atoms with Gasteiger partial charge in [-0.3, -0.25) is 4.99 Å². The second-order valence-electron chi connectivity index (χ2n) is 4.29. The highest BCUT2D eigenvalue weighted by atomic mass is 15.2. The van der Waals surface area contributed by atoms with Gasteiger partial charge in [0, 0.05) is 19.6 Å². The van der Waals surface area contributed by atoms with Crippen LogP contribution in [0, 0.1) is 13.8 Å². The highest BCUT2D eigenvalue weighted by molar-refractivity contribution is 5.80. The van der Waals surface area contributed by atoms with Crippen molar-refractivity contribution in [3.8, 4) is 0 Å². The molecule has 0 spiro atoms. The molecule has 86 valence electrons. The molecular formula is C13H19N3. The summed E-state index contributed by atoms with van der Waals surface area (Å²) in [6, 6.07) is 6.55. The standard InChI is InChI=1S/C13H19N3/c1-10-4-5-12(11(2)8-10)9-16-13-14-6-3-7-15-13/h4-5,8H,3,6-7,9H2,1-2H3,(H2,14,15,16). The van der Waals surface area contributed by atoms with Crippen LogP contribution in [-0.4, -0.2) is 19.0 Å². The van der Waals surface area contributed by atoms with Crippen molar-refractivity contribution in [3.05, 3.63) is 34.9 Å². The number of nitrogens with one attached hydrogen (secondary N) is 2. The van der Waals surface area contributed by atoms with Crippen molar-refractivity contribution in [2.75, 3.05) is 13.1 Å². The second-order valence-corrected chi connectivity index (χ2v) is 4.29. The van der Waals surface area contributed by atoms with Crippen LogP contribution < -0.4 is 10.6 Å². The zero-order valence-corrected chi connectivity index (χ0v) is 10.0. The average Bonchev–Trinajstić information content (AvgIpc) is 2.29. The van der Waals surface area contributed by atoms with E-state index < -0.39 is 0 Å². The van der Waals surface area contributed by atoms with E-state index >= 15 is 0 Å². The van der Waals surface area contributed by atoms with Gasteiger partial charge in [0.25, 0.3) is 0 Å². The van der Waals surface area contributed by atoms with Gasteiger partial charge in [0.15, 0.2) is 5.96 Å². The normalized spacial score (nSPS) is 15.2. The third kappa shape index (κ3) is 2.75. The molecule has 1 aliphatic rings. The molecule has 3 heteroatoms. The van der Waals surface area contributed by atoms with Gasteiger partial charge >= 0.3 is 0 Å². The molecule has 0 atom stereocenters. The van der Waals surface area contributed by atoms with Crippen molar-refractivity contribution in [2.24, 2.45) is 4.99 Å². The number of rotatable bonds is 2. The van der Waals surface area contributed by atoms with E-state index in [9.17, 15) is 0 Å². The minimum absolute atomic E-state index is 0.845. The highest BCUT2D eigenvalue weighted by Gasteiger charge is 2.04. The van der Waals surface area contributed by atoms with E-state index in [1.807, 2.05) is 0 Å². The predicted molar refractivity (Wildman–Crippen MR) is 67.7 cm³/mol. The Labute approximate surface area is 97.0 Å². The van der Waals surface area contributed by atoms with Crippen LogP contribution in [-0.2, 0) is 6.54 Å². The first-order chi connectivity index (χ1) is 7.75. The monoisotopic (exact) mass is 217 g/mol. The number of aryl methyl sites for hydroxylation is 2. The lowest BCUT2D eigenvalue weighted by atomic mass is 10.1. The Kier molecular flexibility index (Phi) is 3.44. The van der Waals surface area contributed by atoms with E-state index in [0.29, 0.717) is 0 Å². The van der Waals surface area contributed by atoms with E-state index in [0.717, 1.165) is 32.0 Å². The summed E-state index contributed by atoms with van der Waals surface area (Å²) in [6.07, 6.45) is 1.13. The number of aliphatic imine (C=N–C) groups is 1. The third-order valence-electron chi connectivity index (χ3n) is 2.84. The summed E-state index contributed by atoms with van der Waals surface area (Å²) in [4.78, 5) is 4.39. The van der Waals surface area contributed by atoms with Gasteiger partial charge in [0.2, 0.25) is 0 Å². The maximum Gasteiger partial charge on any atom is 0.191 e. The lowest BCUT2D eigenvalue weighted by molar-refractivity contribution is 0.701. The fourth-order valence-corrected chi connectivity index (χ4v) is 1.87. The summed E-state index contributed by atoms with van der Waals surface area (Å²) < 4.78 is 0. The van der Waals surface area contributed by atoms with Crippen LogP contribution in [0.15, 0.2) is 23.2 Å². The Morgan fingerprint density at radius 2 is 2.25 bits per heavy atom. The molecule has 1 heterocycles. The van der Waals surface area contributed by atoms with Crippen LogP contribution in [0.2, 0.25) is 0 Å². The summed E-state index contributed by atoms with van der Waals surface area (Å²) in [5.74, 6) is 0.936. The van der Waals surface area contributed by atoms with Crippen molar-refractivity contribution in [2.45, 2.75) is 26.8 Å². The fourth-order valence-electron chi connectivity index (χ4n) is 1.87. The Bertz CT molecular complexity index is 396. The van der Waals surface area contributed by atoms with Crippen LogP contribution in [0.25, 0.3) is 0 Å². The Balaban J connectivity index is 1.96. The molecule has 16 heavy (non-hydrogen) atoms. The summed E-state index contributed by atoms with van der Waals surface area (Å²) in [5.41, 5.74) is 3.99. The van der Waals surface area contributed by atoms with Crippen molar-refractivity contribution in [1.82, 2.24) is 10.6 Å². The molecule has 0 radical (unpaired) electrons. The molecule has 1 aromatic rings. The summed E-state index contributed by atoms with van der Waals surface area (Å²) in [6.45, 7) is 7.08. The van der Waals surface area contributed by atoms with Gasteiger partial charge in [-0.25, -0.2) is 0 Å². The van der Waals surface area contributed by atoms with Gasteiger partial charge in [0.05, 0.1) is 0 Å². The molecule has 3 nitrogen and oxygen atoms in total. The molecule has 2 N–H and O–H groups in total. The zero-order chi connectivity index (χ0) is 11.4. The third-order valence-corrected chi connectivity index (χ3v) is 2.84. The lowest BCUT2D eigenvalue weighted by Crippen LogP contribution is -2.40. The van der Waals surface area contributed by atoms with Crippen molar-refractivity contribution >= 4 is 5.96 Å². The average molecular weight is 217 g/mol. The van der Waals surface area contributed by atoms with E-state index in [4.69, 9.17) is 0 Å². The van der Waals surface area contributed by atoms with Gasteiger partial charge < -0.3 is 10.6 Å². The van der Waals surface area contributed by atoms with Crippen LogP contribution >= 0.6 is 0 Å². The molecule has 0 amide bonds. The Hall–Kier alpha value is -1.51. The molecule has 0 saturated carbocycles. The maximum absolute atomic E-state index is 4.39. The smallest absolute Gasteiger partial charge is 0.191 e. The van der Waals surface area contributed by atoms with E-state index in [2.05, 4.69) is 47.7 Å². The molecule has 0 aliphatic carbocycles. The fraction of sp³-hybridized carbons (Fsp3) is 0.462. The first-order valence-electron chi connectivity index (χ1n) is 5.84. The minimum Gasteiger partial charge on any atom is -0.356 e. The van der Waals surface area contributed by atoms with Gasteiger partial charge in [-0.15, -0.1) is 0 Å². The lowest BCUT2D eigenvalue weighted by Gasteiger charge is -2.16. The quantitative estimate of drug-likeness (QED) is 0.791. The predicted octanol–water partition coefficient (Wildman–Crippen LogP) is 1.74. The second kappa shape index (κ2) is 5.01. The number of hydrogen-bond acceptors (Lipinski definition) is 3. The van der Waals surface area contributed by atoms with Crippen LogP contribution in [0.3, 0.4) is 0 Å². The molecule has 0 aromatic heterocycles.